The van der Waals surface area contributed by atoms with Crippen molar-refractivity contribution in [3.05, 3.63) is 35.2 Å². The molecular weight excluding hydrogens is 315 g/mol. The van der Waals surface area contributed by atoms with Crippen molar-refractivity contribution >= 4 is 51.9 Å². The molecule has 0 amide bonds. The summed E-state index contributed by atoms with van der Waals surface area (Å²) >= 11 is 12.3. The minimum Gasteiger partial charge on any atom is -1.00 e. The van der Waals surface area contributed by atoms with Crippen LogP contribution in [0.25, 0.3) is 0 Å². The van der Waals surface area contributed by atoms with Crippen molar-refractivity contribution in [2.45, 2.75) is 6.42 Å². The van der Waals surface area contributed by atoms with Gasteiger partial charge in [0.1, 0.15) is 0 Å². The van der Waals surface area contributed by atoms with Crippen LogP contribution >= 0.6 is 23.2 Å². The fourth-order valence-electron chi connectivity index (χ4n) is 2.17. The molecule has 0 unspecified atom stereocenters. The number of halogens is 3. The average molecular weight is 332 g/mol. The Morgan fingerprint density at radius 3 is 2.32 bits per heavy atom. The van der Waals surface area contributed by atoms with E-state index in [1.165, 1.54) is 0 Å². The fraction of sp³-hybridized carbons (Fsp3) is 0.462. The van der Waals surface area contributed by atoms with Crippen LogP contribution in [-0.4, -0.2) is 60.7 Å². The van der Waals surface area contributed by atoms with Crippen molar-refractivity contribution in [2.24, 2.45) is 0 Å². The van der Waals surface area contributed by atoms with Crippen molar-refractivity contribution in [3.63, 3.8) is 0 Å². The SMILES string of the molecule is [CH2-]CCN1CCN(c2cccc(Cl)c2Cl)CC1.[Cl-].[Mg+2]. The van der Waals surface area contributed by atoms with E-state index in [4.69, 9.17) is 23.2 Å². The molecule has 0 spiro atoms. The van der Waals surface area contributed by atoms with Gasteiger partial charge in [-0.3, -0.25) is 0 Å². The van der Waals surface area contributed by atoms with Gasteiger partial charge in [0.2, 0.25) is 0 Å². The summed E-state index contributed by atoms with van der Waals surface area (Å²) in [5.74, 6) is 0. The van der Waals surface area contributed by atoms with Crippen LogP contribution in [-0.2, 0) is 0 Å². The van der Waals surface area contributed by atoms with Crippen molar-refractivity contribution in [1.29, 1.82) is 0 Å². The molecule has 1 fully saturated rings. The number of rotatable bonds is 3. The Labute approximate surface area is 148 Å². The van der Waals surface area contributed by atoms with Gasteiger partial charge in [0.05, 0.1) is 15.7 Å². The zero-order chi connectivity index (χ0) is 12.3. The van der Waals surface area contributed by atoms with E-state index >= 15 is 0 Å². The minimum absolute atomic E-state index is 0. The van der Waals surface area contributed by atoms with E-state index in [0.717, 1.165) is 44.8 Å². The second-order valence-corrected chi connectivity index (χ2v) is 5.04. The van der Waals surface area contributed by atoms with Gasteiger partial charge in [-0.05, 0) is 18.7 Å². The van der Waals surface area contributed by atoms with E-state index in [0.29, 0.717) is 10.0 Å². The van der Waals surface area contributed by atoms with E-state index in [1.54, 1.807) is 0 Å². The first-order valence-corrected chi connectivity index (χ1v) is 6.68. The summed E-state index contributed by atoms with van der Waals surface area (Å²) in [6.45, 7) is 9.11. The molecule has 0 aliphatic carbocycles. The van der Waals surface area contributed by atoms with E-state index in [-0.39, 0.29) is 35.5 Å². The molecule has 1 saturated heterocycles. The van der Waals surface area contributed by atoms with Gasteiger partial charge in [0.25, 0.3) is 0 Å². The summed E-state index contributed by atoms with van der Waals surface area (Å²) in [7, 11) is 0. The van der Waals surface area contributed by atoms with Gasteiger partial charge in [0.15, 0.2) is 0 Å². The Hall–Kier alpha value is 0.616. The minimum atomic E-state index is 0. The van der Waals surface area contributed by atoms with Crippen molar-refractivity contribution in [2.75, 3.05) is 37.6 Å². The van der Waals surface area contributed by atoms with Gasteiger partial charge in [-0.25, -0.2) is 0 Å². The molecule has 1 aliphatic rings. The zero-order valence-corrected chi connectivity index (χ0v) is 14.6. The van der Waals surface area contributed by atoms with Gasteiger partial charge >= 0.3 is 23.1 Å². The number of nitrogens with zero attached hydrogens (tertiary/aromatic N) is 2. The first kappa shape index (κ1) is 19.6. The van der Waals surface area contributed by atoms with E-state index in [9.17, 15) is 0 Å². The Morgan fingerprint density at radius 2 is 1.74 bits per heavy atom. The topological polar surface area (TPSA) is 6.48 Å². The van der Waals surface area contributed by atoms with Crippen molar-refractivity contribution in [1.82, 2.24) is 4.90 Å². The van der Waals surface area contributed by atoms with Crippen LogP contribution in [0.3, 0.4) is 0 Å². The summed E-state index contributed by atoms with van der Waals surface area (Å²) in [5, 5.41) is 1.30. The number of anilines is 1. The monoisotopic (exact) mass is 330 g/mol. The molecule has 0 radical (unpaired) electrons. The van der Waals surface area contributed by atoms with Gasteiger partial charge in [-0.15, -0.1) is 0 Å². The predicted molar refractivity (Wildman–Crippen MR) is 80.8 cm³/mol. The molecule has 1 aromatic carbocycles. The number of hydrogen-bond acceptors (Lipinski definition) is 2. The number of benzene rings is 1. The fourth-order valence-corrected chi connectivity index (χ4v) is 2.59. The van der Waals surface area contributed by atoms with Crippen LogP contribution in [0.4, 0.5) is 5.69 Å². The molecule has 1 aromatic rings. The summed E-state index contributed by atoms with van der Waals surface area (Å²) in [5.41, 5.74) is 1.05. The smallest absolute Gasteiger partial charge is 1.00 e. The molecule has 2 rings (SSSR count). The molecule has 2 nitrogen and oxygen atoms in total. The predicted octanol–water partition coefficient (Wildman–Crippen LogP) is -0.0372. The second kappa shape index (κ2) is 9.53. The van der Waals surface area contributed by atoms with Crippen LogP contribution in [0, 0.1) is 6.92 Å². The molecule has 6 heteroatoms. The molecule has 0 aromatic heterocycles. The summed E-state index contributed by atoms with van der Waals surface area (Å²) in [6.07, 6.45) is 0.970. The molecular formula is C13H17Cl3MgN2. The van der Waals surface area contributed by atoms with Crippen LogP contribution in [0.5, 0.6) is 0 Å². The first-order chi connectivity index (χ1) is 8.22. The Kier molecular flexibility index (Phi) is 9.84. The molecule has 1 aliphatic heterocycles. The molecule has 0 saturated carbocycles. The molecule has 1 heterocycles. The number of hydrogen-bond donors (Lipinski definition) is 0. The van der Waals surface area contributed by atoms with E-state index in [1.807, 2.05) is 18.2 Å². The third-order valence-electron chi connectivity index (χ3n) is 3.12. The van der Waals surface area contributed by atoms with Crippen LogP contribution in [0.1, 0.15) is 6.42 Å². The van der Waals surface area contributed by atoms with Crippen molar-refractivity contribution < 1.29 is 12.4 Å². The molecule has 0 bridgehead atoms. The van der Waals surface area contributed by atoms with Crippen LogP contribution in [0.15, 0.2) is 18.2 Å². The third-order valence-corrected chi connectivity index (χ3v) is 3.93. The summed E-state index contributed by atoms with van der Waals surface area (Å²) < 4.78 is 0. The van der Waals surface area contributed by atoms with Gasteiger partial charge in [0, 0.05) is 26.2 Å². The molecule has 19 heavy (non-hydrogen) atoms. The quantitative estimate of drug-likeness (QED) is 0.566. The average Bonchev–Trinajstić information content (AvgIpc) is 2.34. The summed E-state index contributed by atoms with van der Waals surface area (Å²) in [4.78, 5) is 4.73. The van der Waals surface area contributed by atoms with Gasteiger partial charge in [-0.1, -0.05) is 29.3 Å². The van der Waals surface area contributed by atoms with Crippen LogP contribution in [0.2, 0.25) is 10.0 Å². The zero-order valence-electron chi connectivity index (χ0n) is 10.9. The van der Waals surface area contributed by atoms with Gasteiger partial charge < -0.3 is 29.1 Å². The van der Waals surface area contributed by atoms with E-state index < -0.39 is 0 Å². The second-order valence-electron chi connectivity index (χ2n) is 4.26. The Morgan fingerprint density at radius 1 is 1.11 bits per heavy atom. The van der Waals surface area contributed by atoms with E-state index in [2.05, 4.69) is 16.7 Å². The standard InChI is InChI=1S/C13H17Cl2N2.ClH.Mg/c1-2-6-16-7-9-17(10-8-16)12-5-3-4-11(14)13(12)15;;/h3-5H,1-2,6-10H2;1H;/q-1;;+2/p-1. The maximum atomic E-state index is 6.23. The maximum Gasteiger partial charge on any atom is 2.00 e. The summed E-state index contributed by atoms with van der Waals surface area (Å²) in [6, 6.07) is 5.81. The normalized spacial score (nSPS) is 15.6. The molecule has 0 atom stereocenters. The largest absolute Gasteiger partial charge is 2.00 e. The molecule has 102 valence electrons. The van der Waals surface area contributed by atoms with Crippen molar-refractivity contribution in [3.8, 4) is 0 Å². The molecule has 0 N–H and O–H groups in total. The van der Waals surface area contributed by atoms with Gasteiger partial charge in [-0.2, -0.15) is 6.42 Å². The maximum absolute atomic E-state index is 6.23. The third kappa shape index (κ3) is 5.14. The van der Waals surface area contributed by atoms with Crippen LogP contribution < -0.4 is 17.3 Å². The first-order valence-electron chi connectivity index (χ1n) is 5.93. The Balaban J connectivity index is 0.00000162. The number of piperazine rings is 1. The Bertz CT molecular complexity index is 382.